The van der Waals surface area contributed by atoms with Crippen LogP contribution >= 0.6 is 0 Å². The van der Waals surface area contributed by atoms with Gasteiger partial charge in [0.25, 0.3) is 0 Å². The molecule has 0 saturated heterocycles. The Kier molecular flexibility index (Phi) is 2.05. The number of carboxylic acid groups (broad SMARTS) is 1. The molecule has 82 valence electrons. The quantitative estimate of drug-likeness (QED) is 0.725. The van der Waals surface area contributed by atoms with E-state index in [2.05, 4.69) is 4.99 Å². The fraction of sp³-hybridized carbons (Fsp3) is 0. The molecular formula is C14H9NO2. The number of fused-ring (bicyclic) bond motifs is 1. The number of rotatable bonds is 2. The number of hydrogen-bond donors (Lipinski definition) is 1. The number of hydrogen-bond acceptors (Lipinski definition) is 2. The van der Waals surface area contributed by atoms with Crippen LogP contribution in [0.5, 0.6) is 0 Å². The van der Waals surface area contributed by atoms with E-state index >= 15 is 0 Å². The second-order valence-corrected chi connectivity index (χ2v) is 3.92. The molecule has 0 unspecified atom stereocenters. The summed E-state index contributed by atoms with van der Waals surface area (Å²) in [6, 6.07) is 12.8. The first-order chi connectivity index (χ1) is 8.24. The summed E-state index contributed by atoms with van der Waals surface area (Å²) in [5.41, 5.74) is 4.28. The van der Waals surface area contributed by atoms with Crippen LogP contribution in [0, 0.1) is 0 Å². The Labute approximate surface area is 98.1 Å². The first kappa shape index (κ1) is 9.78. The lowest BCUT2D eigenvalue weighted by atomic mass is 9.99. The molecule has 17 heavy (non-hydrogen) atoms. The number of carboxylic acids is 1. The SMILES string of the molecule is O=C(O)c1cccc(-c2ccc3c(c2)N=C3)c1. The van der Waals surface area contributed by atoms with Gasteiger partial charge in [0.15, 0.2) is 0 Å². The van der Waals surface area contributed by atoms with Crippen molar-refractivity contribution in [3.8, 4) is 11.1 Å². The van der Waals surface area contributed by atoms with Gasteiger partial charge >= 0.3 is 5.97 Å². The normalized spacial score (nSPS) is 11.8. The van der Waals surface area contributed by atoms with Gasteiger partial charge in [0.1, 0.15) is 0 Å². The molecule has 0 spiro atoms. The third kappa shape index (κ3) is 1.61. The maximum atomic E-state index is 10.9. The molecule has 1 aliphatic heterocycles. The Morgan fingerprint density at radius 2 is 1.88 bits per heavy atom. The minimum Gasteiger partial charge on any atom is -0.478 e. The van der Waals surface area contributed by atoms with E-state index in [-0.39, 0.29) is 0 Å². The topological polar surface area (TPSA) is 49.7 Å². The van der Waals surface area contributed by atoms with Gasteiger partial charge in [-0.3, -0.25) is 4.99 Å². The average molecular weight is 223 g/mol. The molecule has 1 aliphatic rings. The zero-order valence-electron chi connectivity index (χ0n) is 8.92. The largest absolute Gasteiger partial charge is 0.478 e. The molecule has 1 heterocycles. The molecule has 0 fully saturated rings. The molecule has 1 N–H and O–H groups in total. The zero-order valence-corrected chi connectivity index (χ0v) is 8.92. The summed E-state index contributed by atoms with van der Waals surface area (Å²) in [5, 5.41) is 8.94. The van der Waals surface area contributed by atoms with Crippen LogP contribution in [0.4, 0.5) is 5.69 Å². The first-order valence-electron chi connectivity index (χ1n) is 5.26. The predicted molar refractivity (Wildman–Crippen MR) is 66.1 cm³/mol. The lowest BCUT2D eigenvalue weighted by Crippen LogP contribution is -1.96. The molecule has 3 heteroatoms. The van der Waals surface area contributed by atoms with E-state index in [1.165, 1.54) is 0 Å². The molecule has 3 rings (SSSR count). The van der Waals surface area contributed by atoms with Crippen LogP contribution in [0.3, 0.4) is 0 Å². The molecule has 2 aromatic carbocycles. The predicted octanol–water partition coefficient (Wildman–Crippen LogP) is 3.12. The number of aromatic carboxylic acids is 1. The molecule has 0 bridgehead atoms. The van der Waals surface area contributed by atoms with E-state index in [9.17, 15) is 4.79 Å². The second-order valence-electron chi connectivity index (χ2n) is 3.92. The van der Waals surface area contributed by atoms with E-state index in [1.54, 1.807) is 18.2 Å². The van der Waals surface area contributed by atoms with Crippen LogP contribution in [0.25, 0.3) is 11.1 Å². The molecule has 0 atom stereocenters. The zero-order chi connectivity index (χ0) is 11.8. The van der Waals surface area contributed by atoms with Crippen molar-refractivity contribution in [2.24, 2.45) is 4.99 Å². The highest BCUT2D eigenvalue weighted by Gasteiger charge is 2.10. The molecule has 0 saturated carbocycles. The van der Waals surface area contributed by atoms with Crippen LogP contribution in [-0.4, -0.2) is 17.3 Å². The van der Waals surface area contributed by atoms with Gasteiger partial charge in [-0.2, -0.15) is 0 Å². The minimum atomic E-state index is -0.909. The number of carbonyl (C=O) groups is 1. The highest BCUT2D eigenvalue weighted by atomic mass is 16.4. The fourth-order valence-electron chi connectivity index (χ4n) is 1.85. The van der Waals surface area contributed by atoms with Crippen molar-refractivity contribution in [3.05, 3.63) is 53.6 Å². The standard InChI is InChI=1S/C14H9NO2/c16-14(17)11-3-1-2-9(6-11)10-4-5-12-8-15-13(12)7-10/h1-8H,(H,16,17). The van der Waals surface area contributed by atoms with Crippen molar-refractivity contribution in [2.75, 3.05) is 0 Å². The summed E-state index contributed by atoms with van der Waals surface area (Å²) in [5.74, 6) is -0.909. The van der Waals surface area contributed by atoms with E-state index in [1.807, 2.05) is 30.5 Å². The summed E-state index contributed by atoms with van der Waals surface area (Å²) >= 11 is 0. The van der Waals surface area contributed by atoms with Gasteiger partial charge < -0.3 is 5.11 Å². The Balaban J connectivity index is 2.06. The Hall–Kier alpha value is -2.42. The Bertz CT molecular complexity index is 644. The number of aliphatic imine (C=N–C) groups is 1. The second kappa shape index (κ2) is 3.56. The summed E-state index contributed by atoms with van der Waals surface area (Å²) in [6.07, 6.45) is 1.81. The molecule has 0 amide bonds. The lowest BCUT2D eigenvalue weighted by molar-refractivity contribution is 0.0697. The van der Waals surface area contributed by atoms with Crippen LogP contribution in [-0.2, 0) is 0 Å². The van der Waals surface area contributed by atoms with Gasteiger partial charge in [0.05, 0.1) is 11.3 Å². The van der Waals surface area contributed by atoms with Gasteiger partial charge in [-0.25, -0.2) is 4.79 Å². The van der Waals surface area contributed by atoms with Crippen molar-refractivity contribution in [2.45, 2.75) is 0 Å². The maximum absolute atomic E-state index is 10.9. The summed E-state index contributed by atoms with van der Waals surface area (Å²) in [7, 11) is 0. The van der Waals surface area contributed by atoms with Crippen LogP contribution in [0.15, 0.2) is 47.5 Å². The van der Waals surface area contributed by atoms with Crippen molar-refractivity contribution in [1.82, 2.24) is 0 Å². The van der Waals surface area contributed by atoms with E-state index in [4.69, 9.17) is 5.11 Å². The van der Waals surface area contributed by atoms with E-state index in [0.717, 1.165) is 22.4 Å². The minimum absolute atomic E-state index is 0.300. The first-order valence-corrected chi connectivity index (χ1v) is 5.26. The van der Waals surface area contributed by atoms with Gasteiger partial charge in [0.2, 0.25) is 0 Å². The highest BCUT2D eigenvalue weighted by Crippen LogP contribution is 2.31. The monoisotopic (exact) mass is 223 g/mol. The Morgan fingerprint density at radius 1 is 1.06 bits per heavy atom. The average Bonchev–Trinajstić information content (AvgIpc) is 2.31. The Morgan fingerprint density at radius 3 is 2.53 bits per heavy atom. The fourth-order valence-corrected chi connectivity index (χ4v) is 1.85. The van der Waals surface area contributed by atoms with Crippen LogP contribution in [0.1, 0.15) is 15.9 Å². The van der Waals surface area contributed by atoms with Crippen LogP contribution < -0.4 is 0 Å². The van der Waals surface area contributed by atoms with Crippen molar-refractivity contribution < 1.29 is 9.90 Å². The van der Waals surface area contributed by atoms with Crippen LogP contribution in [0.2, 0.25) is 0 Å². The molecule has 2 aromatic rings. The molecule has 3 nitrogen and oxygen atoms in total. The number of benzene rings is 2. The van der Waals surface area contributed by atoms with E-state index < -0.39 is 5.97 Å². The molecular weight excluding hydrogens is 214 g/mol. The van der Waals surface area contributed by atoms with E-state index in [0.29, 0.717) is 5.56 Å². The summed E-state index contributed by atoms with van der Waals surface area (Å²) in [6.45, 7) is 0. The summed E-state index contributed by atoms with van der Waals surface area (Å²) in [4.78, 5) is 15.0. The molecule has 0 aromatic heterocycles. The summed E-state index contributed by atoms with van der Waals surface area (Å²) < 4.78 is 0. The third-order valence-corrected chi connectivity index (χ3v) is 2.82. The maximum Gasteiger partial charge on any atom is 0.335 e. The molecule has 0 radical (unpaired) electrons. The smallest absolute Gasteiger partial charge is 0.335 e. The highest BCUT2D eigenvalue weighted by molar-refractivity contribution is 5.98. The van der Waals surface area contributed by atoms with Crippen molar-refractivity contribution in [3.63, 3.8) is 0 Å². The van der Waals surface area contributed by atoms with Gasteiger partial charge in [0, 0.05) is 11.8 Å². The number of nitrogens with zero attached hydrogens (tertiary/aromatic N) is 1. The lowest BCUT2D eigenvalue weighted by Gasteiger charge is -2.11. The van der Waals surface area contributed by atoms with Gasteiger partial charge in [-0.1, -0.05) is 24.3 Å². The molecule has 0 aliphatic carbocycles. The van der Waals surface area contributed by atoms with Crippen molar-refractivity contribution >= 4 is 17.9 Å². The third-order valence-electron chi connectivity index (χ3n) is 2.82. The van der Waals surface area contributed by atoms with Gasteiger partial charge in [-0.15, -0.1) is 0 Å². The van der Waals surface area contributed by atoms with Gasteiger partial charge in [-0.05, 0) is 29.3 Å². The van der Waals surface area contributed by atoms with Crippen molar-refractivity contribution in [1.29, 1.82) is 0 Å².